The van der Waals surface area contributed by atoms with E-state index in [4.69, 9.17) is 0 Å². The zero-order valence-corrected chi connectivity index (χ0v) is 14.1. The van der Waals surface area contributed by atoms with Gasteiger partial charge in [0.05, 0.1) is 11.9 Å². The summed E-state index contributed by atoms with van der Waals surface area (Å²) in [5.41, 5.74) is 2.90. The Morgan fingerprint density at radius 3 is 2.26 bits per heavy atom. The predicted octanol–water partition coefficient (Wildman–Crippen LogP) is 3.63. The predicted molar refractivity (Wildman–Crippen MR) is 95.3 cm³/mol. The molecule has 6 nitrogen and oxygen atoms in total. The van der Waals surface area contributed by atoms with E-state index in [1.54, 1.807) is 25.3 Å². The second-order valence-corrected chi connectivity index (χ2v) is 5.90. The summed E-state index contributed by atoms with van der Waals surface area (Å²) < 4.78 is 27.6. The molecule has 2 aromatic heterocycles. The van der Waals surface area contributed by atoms with Crippen molar-refractivity contribution in [3.63, 3.8) is 0 Å². The fourth-order valence-electron chi connectivity index (χ4n) is 2.72. The van der Waals surface area contributed by atoms with Crippen molar-refractivity contribution < 1.29 is 13.6 Å². The van der Waals surface area contributed by atoms with Gasteiger partial charge in [0.1, 0.15) is 11.6 Å². The van der Waals surface area contributed by atoms with Crippen LogP contribution in [0.15, 0.2) is 54.7 Å². The van der Waals surface area contributed by atoms with Gasteiger partial charge in [0.15, 0.2) is 11.3 Å². The maximum Gasteiger partial charge on any atom is 0.278 e. The Kier molecular flexibility index (Phi) is 4.08. The van der Waals surface area contributed by atoms with E-state index >= 15 is 0 Å². The van der Waals surface area contributed by atoms with Crippen LogP contribution < -0.4 is 5.32 Å². The van der Waals surface area contributed by atoms with Crippen LogP contribution >= 0.6 is 0 Å². The number of hydrogen-bond donors (Lipinski definition) is 1. The Bertz CT molecular complexity index is 1140. The summed E-state index contributed by atoms with van der Waals surface area (Å²) in [6, 6.07) is 11.4. The minimum Gasteiger partial charge on any atom is -0.321 e. The molecular weight excluding hydrogens is 352 g/mol. The average molecular weight is 365 g/mol. The lowest BCUT2D eigenvalue weighted by Crippen LogP contribution is -2.18. The second kappa shape index (κ2) is 6.56. The topological polar surface area (TPSA) is 72.2 Å². The largest absolute Gasteiger partial charge is 0.321 e. The highest BCUT2D eigenvalue weighted by Crippen LogP contribution is 2.24. The van der Waals surface area contributed by atoms with Crippen LogP contribution in [0.5, 0.6) is 0 Å². The molecule has 134 valence electrons. The summed E-state index contributed by atoms with van der Waals surface area (Å²) in [6.07, 6.45) is 1.59. The molecule has 1 amide bonds. The summed E-state index contributed by atoms with van der Waals surface area (Å²) in [5, 5.41) is 15.1. The summed E-state index contributed by atoms with van der Waals surface area (Å²) in [6.45, 7) is 1.70. The number of halogens is 2. The Balaban J connectivity index is 1.69. The van der Waals surface area contributed by atoms with Gasteiger partial charge < -0.3 is 5.32 Å². The summed E-state index contributed by atoms with van der Waals surface area (Å²) in [7, 11) is 0. The highest BCUT2D eigenvalue weighted by atomic mass is 19.1. The highest BCUT2D eigenvalue weighted by Gasteiger charge is 2.18. The quantitative estimate of drug-likeness (QED) is 0.602. The fraction of sp³-hybridized carbons (Fsp3) is 0.0526. The molecule has 0 spiro atoms. The zero-order valence-electron chi connectivity index (χ0n) is 14.1. The number of aryl methyl sites for hydroxylation is 1. The molecule has 0 aliphatic heterocycles. The van der Waals surface area contributed by atoms with E-state index in [1.165, 1.54) is 40.9 Å². The third-order valence-electron chi connectivity index (χ3n) is 4.12. The first-order chi connectivity index (χ1) is 13.0. The molecule has 27 heavy (non-hydrogen) atoms. The number of hydrogen-bond acceptors (Lipinski definition) is 4. The van der Waals surface area contributed by atoms with Gasteiger partial charge in [-0.25, -0.2) is 13.3 Å². The average Bonchev–Trinajstić information content (AvgIpc) is 3.09. The van der Waals surface area contributed by atoms with Gasteiger partial charge in [0.2, 0.25) is 0 Å². The number of nitrogens with zero attached hydrogens (tertiary/aromatic N) is 4. The molecule has 8 heteroatoms. The molecule has 0 radical (unpaired) electrons. The minimum absolute atomic E-state index is 0.0978. The highest BCUT2D eigenvalue weighted by molar-refractivity contribution is 6.03. The lowest BCUT2D eigenvalue weighted by Gasteiger charge is -2.08. The zero-order chi connectivity index (χ0) is 19.0. The standard InChI is InChI=1S/C19H13F2N5O/c1-11-17(19(27)23-15-8-6-14(21)7-9-15)24-25-18-16(10-22-26(11)18)12-2-4-13(20)5-3-12/h2-10H,1H3,(H,23,27). The molecular formula is C19H13F2N5O. The van der Waals surface area contributed by atoms with E-state index < -0.39 is 11.7 Å². The second-order valence-electron chi connectivity index (χ2n) is 5.90. The van der Waals surface area contributed by atoms with Gasteiger partial charge in [0.25, 0.3) is 5.91 Å². The van der Waals surface area contributed by atoms with Crippen LogP contribution in [0.25, 0.3) is 16.8 Å². The first-order valence-corrected chi connectivity index (χ1v) is 8.07. The summed E-state index contributed by atoms with van der Waals surface area (Å²) in [4.78, 5) is 12.5. The smallest absolute Gasteiger partial charge is 0.278 e. The first-order valence-electron chi connectivity index (χ1n) is 8.07. The Labute approximate surface area is 152 Å². The molecule has 0 aliphatic carbocycles. The SMILES string of the molecule is Cc1c(C(=O)Nc2ccc(F)cc2)nnc2c(-c3ccc(F)cc3)cnn12. The third-order valence-corrected chi connectivity index (χ3v) is 4.12. The Hall–Kier alpha value is -3.68. The number of amides is 1. The molecule has 0 saturated heterocycles. The van der Waals surface area contributed by atoms with Gasteiger partial charge in [-0.15, -0.1) is 10.2 Å². The molecule has 2 aromatic carbocycles. The molecule has 2 heterocycles. The maximum atomic E-state index is 13.1. The number of rotatable bonds is 3. The van der Waals surface area contributed by atoms with Crippen molar-refractivity contribution in [3.05, 3.63) is 77.8 Å². The van der Waals surface area contributed by atoms with Crippen LogP contribution in [-0.2, 0) is 0 Å². The third kappa shape index (κ3) is 3.12. The molecule has 0 unspecified atom stereocenters. The molecule has 0 fully saturated rings. The van der Waals surface area contributed by atoms with Gasteiger partial charge >= 0.3 is 0 Å². The fourth-order valence-corrected chi connectivity index (χ4v) is 2.72. The number of nitrogens with one attached hydrogen (secondary N) is 1. The molecule has 4 rings (SSSR count). The van der Waals surface area contributed by atoms with Crippen molar-refractivity contribution in [3.8, 4) is 11.1 Å². The van der Waals surface area contributed by atoms with E-state index in [0.29, 0.717) is 22.6 Å². The van der Waals surface area contributed by atoms with Gasteiger partial charge in [-0.2, -0.15) is 5.10 Å². The Morgan fingerprint density at radius 1 is 0.963 bits per heavy atom. The molecule has 0 saturated carbocycles. The van der Waals surface area contributed by atoms with E-state index in [-0.39, 0.29) is 11.5 Å². The lowest BCUT2D eigenvalue weighted by molar-refractivity contribution is 0.102. The molecule has 0 bridgehead atoms. The van der Waals surface area contributed by atoms with Gasteiger partial charge in [-0.05, 0) is 48.9 Å². The minimum atomic E-state index is -0.479. The Morgan fingerprint density at radius 2 is 1.59 bits per heavy atom. The van der Waals surface area contributed by atoms with Crippen LogP contribution in [0.4, 0.5) is 14.5 Å². The van der Waals surface area contributed by atoms with Crippen molar-refractivity contribution in [2.45, 2.75) is 6.92 Å². The van der Waals surface area contributed by atoms with E-state index in [2.05, 4.69) is 20.6 Å². The van der Waals surface area contributed by atoms with Crippen molar-refractivity contribution in [2.75, 3.05) is 5.32 Å². The van der Waals surface area contributed by atoms with Crippen molar-refractivity contribution in [1.82, 2.24) is 19.8 Å². The lowest BCUT2D eigenvalue weighted by atomic mass is 10.1. The van der Waals surface area contributed by atoms with Crippen molar-refractivity contribution in [1.29, 1.82) is 0 Å². The maximum absolute atomic E-state index is 13.1. The van der Waals surface area contributed by atoms with E-state index in [1.807, 2.05) is 0 Å². The van der Waals surface area contributed by atoms with Crippen LogP contribution in [0, 0.1) is 18.6 Å². The van der Waals surface area contributed by atoms with E-state index in [0.717, 1.165) is 5.56 Å². The molecule has 0 atom stereocenters. The van der Waals surface area contributed by atoms with Gasteiger partial charge in [-0.3, -0.25) is 4.79 Å². The van der Waals surface area contributed by atoms with Crippen LogP contribution in [-0.4, -0.2) is 25.7 Å². The summed E-state index contributed by atoms with van der Waals surface area (Å²) in [5.74, 6) is -1.21. The first kappa shape index (κ1) is 16.8. The van der Waals surface area contributed by atoms with Crippen molar-refractivity contribution in [2.24, 2.45) is 0 Å². The number of carbonyl (C=O) groups excluding carboxylic acids is 1. The normalized spacial score (nSPS) is 10.9. The van der Waals surface area contributed by atoms with Gasteiger partial charge in [-0.1, -0.05) is 12.1 Å². The monoisotopic (exact) mass is 365 g/mol. The molecule has 1 N–H and O–H groups in total. The summed E-state index contributed by atoms with van der Waals surface area (Å²) >= 11 is 0. The van der Waals surface area contributed by atoms with Crippen LogP contribution in [0.2, 0.25) is 0 Å². The van der Waals surface area contributed by atoms with E-state index in [9.17, 15) is 13.6 Å². The number of fused-ring (bicyclic) bond motifs is 1. The molecule has 4 aromatic rings. The molecule has 0 aliphatic rings. The van der Waals surface area contributed by atoms with Crippen molar-refractivity contribution >= 4 is 17.2 Å². The van der Waals surface area contributed by atoms with Gasteiger partial charge in [0, 0.05) is 11.3 Å². The number of anilines is 1. The van der Waals surface area contributed by atoms with Crippen LogP contribution in [0.3, 0.4) is 0 Å². The number of carbonyl (C=O) groups is 1. The number of benzene rings is 2. The number of aromatic nitrogens is 4. The van der Waals surface area contributed by atoms with Crippen LogP contribution in [0.1, 0.15) is 16.2 Å².